The zero-order chi connectivity index (χ0) is 14.2. The largest absolute Gasteiger partial charge is 0.374 e. The number of hydrogen-bond acceptors (Lipinski definition) is 5. The molecule has 0 saturated heterocycles. The maximum Gasteiger partial charge on any atom is 0.374 e. The second-order valence-corrected chi connectivity index (χ2v) is 5.76. The summed E-state index contributed by atoms with van der Waals surface area (Å²) in [5.74, 6) is 0.578. The van der Waals surface area contributed by atoms with Gasteiger partial charge in [0.1, 0.15) is 5.65 Å². The van der Waals surface area contributed by atoms with E-state index < -0.39 is 7.60 Å². The zero-order valence-electron chi connectivity index (χ0n) is 10.2. The smallest absolute Gasteiger partial charge is 0.320 e. The number of H-pyrrole nitrogens is 1. The predicted octanol–water partition coefficient (Wildman–Crippen LogP) is -0.564. The molecule has 3 aromatic heterocycles. The molecule has 0 radical (unpaired) electrons. The van der Waals surface area contributed by atoms with E-state index in [1.54, 1.807) is 12.3 Å². The molecule has 10 heteroatoms. The van der Waals surface area contributed by atoms with Crippen LogP contribution in [0, 0.1) is 0 Å². The van der Waals surface area contributed by atoms with Crippen LogP contribution in [0.4, 0.5) is 0 Å². The number of rotatable bonds is 4. The van der Waals surface area contributed by atoms with Crippen molar-refractivity contribution in [3.8, 4) is 0 Å². The molecule has 3 N–H and O–H groups in total. The quantitative estimate of drug-likeness (QED) is 0.550. The Morgan fingerprint density at radius 3 is 2.90 bits per heavy atom. The Labute approximate surface area is 112 Å². The van der Waals surface area contributed by atoms with Crippen LogP contribution in [0.2, 0.25) is 0 Å². The van der Waals surface area contributed by atoms with E-state index in [0.29, 0.717) is 24.3 Å². The highest BCUT2D eigenvalue weighted by Crippen LogP contribution is 2.33. The number of pyridine rings is 1. The summed E-state index contributed by atoms with van der Waals surface area (Å²) in [5.41, 5.74) is 1.26. The zero-order valence-corrected chi connectivity index (χ0v) is 11.1. The van der Waals surface area contributed by atoms with Crippen molar-refractivity contribution in [3.63, 3.8) is 0 Å². The molecule has 0 saturated carbocycles. The predicted molar refractivity (Wildman–Crippen MR) is 68.5 cm³/mol. The average Bonchev–Trinajstić information content (AvgIpc) is 3.04. The fourth-order valence-corrected chi connectivity index (χ4v) is 2.65. The summed E-state index contributed by atoms with van der Waals surface area (Å²) in [7, 11) is -4.34. The summed E-state index contributed by atoms with van der Waals surface area (Å²) >= 11 is 0. The summed E-state index contributed by atoms with van der Waals surface area (Å²) < 4.78 is 12.8. The highest BCUT2D eigenvalue weighted by molar-refractivity contribution is 7.60. The number of hydrogen-bond donors (Lipinski definition) is 3. The molecule has 0 aliphatic rings. The first-order chi connectivity index (χ1) is 9.55. The van der Waals surface area contributed by atoms with Crippen molar-refractivity contribution in [2.45, 2.75) is 12.8 Å². The first-order valence-corrected chi connectivity index (χ1v) is 7.40. The second kappa shape index (κ2) is 4.78. The van der Waals surface area contributed by atoms with Gasteiger partial charge in [-0.1, -0.05) is 11.3 Å². The van der Waals surface area contributed by atoms with E-state index in [9.17, 15) is 14.4 Å². The number of aromatic nitrogens is 6. The summed E-state index contributed by atoms with van der Waals surface area (Å²) in [4.78, 5) is 22.6. The molecule has 0 amide bonds. The highest BCUT2D eigenvalue weighted by atomic mass is 31.2. The van der Waals surface area contributed by atoms with Crippen molar-refractivity contribution in [2.75, 3.05) is 0 Å². The van der Waals surface area contributed by atoms with Gasteiger partial charge in [-0.2, -0.15) is 5.21 Å². The third kappa shape index (κ3) is 2.34. The Morgan fingerprint density at radius 1 is 1.35 bits per heavy atom. The van der Waals surface area contributed by atoms with E-state index in [1.165, 1.54) is 10.6 Å². The molecule has 9 nitrogen and oxygen atoms in total. The fourth-order valence-electron chi connectivity index (χ4n) is 2.00. The third-order valence-corrected chi connectivity index (χ3v) is 3.83. The maximum absolute atomic E-state index is 11.4. The maximum atomic E-state index is 11.4. The van der Waals surface area contributed by atoms with E-state index in [4.69, 9.17) is 0 Å². The molecule has 0 spiro atoms. The number of fused-ring (bicyclic) bond motifs is 1. The van der Waals surface area contributed by atoms with E-state index >= 15 is 0 Å². The number of nitrogens with zero attached hydrogens (tertiary/aromatic N) is 5. The summed E-state index contributed by atoms with van der Waals surface area (Å²) in [6.07, 6.45) is 3.94. The molecule has 0 bridgehead atoms. The third-order valence-electron chi connectivity index (χ3n) is 2.90. The number of tetrazole rings is 1. The van der Waals surface area contributed by atoms with Gasteiger partial charge >= 0.3 is 7.60 Å². The molecular formula is C10H11N6O3P. The van der Waals surface area contributed by atoms with Gasteiger partial charge in [-0.3, -0.25) is 8.97 Å². The lowest BCUT2D eigenvalue weighted by atomic mass is 10.1. The van der Waals surface area contributed by atoms with Gasteiger partial charge in [-0.05, 0) is 18.1 Å². The average molecular weight is 294 g/mol. The molecule has 0 unspecified atom stereocenters. The fraction of sp³-hybridized carbons (Fsp3) is 0.200. The lowest BCUT2D eigenvalue weighted by molar-refractivity contribution is 0.386. The van der Waals surface area contributed by atoms with Crippen LogP contribution < -0.4 is 5.44 Å². The van der Waals surface area contributed by atoms with Gasteiger partial charge in [-0.25, -0.2) is 4.98 Å². The minimum Gasteiger partial charge on any atom is -0.320 e. The lowest BCUT2D eigenvalue weighted by Crippen LogP contribution is -2.10. The van der Waals surface area contributed by atoms with Crippen LogP contribution in [0.3, 0.4) is 0 Å². The Kier molecular flexibility index (Phi) is 3.09. The summed E-state index contributed by atoms with van der Waals surface area (Å²) in [6.45, 7) is 0. The van der Waals surface area contributed by atoms with Crippen molar-refractivity contribution in [1.82, 2.24) is 30.0 Å². The molecule has 3 aromatic rings. The standard InChI is InChI=1S/C10H11N6O3P/c17-20(18,19)9-6-11-10-7(2-1-5-16(9)10)3-4-8-12-14-15-13-8/h1-2,5-6H,3-4H2,(H2,17,18,19)(H,12,13,14,15). The highest BCUT2D eigenvalue weighted by Gasteiger charge is 2.22. The Hall–Kier alpha value is -2.09. The van der Waals surface area contributed by atoms with Crippen LogP contribution in [-0.2, 0) is 17.4 Å². The van der Waals surface area contributed by atoms with Crippen LogP contribution in [0.5, 0.6) is 0 Å². The molecule has 0 aliphatic carbocycles. The minimum atomic E-state index is -4.34. The van der Waals surface area contributed by atoms with E-state index in [-0.39, 0.29) is 5.44 Å². The van der Waals surface area contributed by atoms with Gasteiger partial charge in [-0.15, -0.1) is 10.2 Å². The van der Waals surface area contributed by atoms with Crippen molar-refractivity contribution >= 4 is 18.7 Å². The summed E-state index contributed by atoms with van der Waals surface area (Å²) in [5, 5.41) is 13.6. The van der Waals surface area contributed by atoms with Crippen molar-refractivity contribution in [3.05, 3.63) is 35.9 Å². The first-order valence-electron chi connectivity index (χ1n) is 5.79. The van der Waals surface area contributed by atoms with Gasteiger partial charge in [0.15, 0.2) is 11.3 Å². The molecule has 0 aliphatic heterocycles. The number of aromatic amines is 1. The summed E-state index contributed by atoms with van der Waals surface area (Å²) in [6, 6.07) is 3.57. The van der Waals surface area contributed by atoms with Crippen LogP contribution in [0.1, 0.15) is 11.4 Å². The van der Waals surface area contributed by atoms with Crippen molar-refractivity contribution < 1.29 is 14.4 Å². The molecule has 3 heterocycles. The Balaban J connectivity index is 1.96. The van der Waals surface area contributed by atoms with Gasteiger partial charge in [0.25, 0.3) is 0 Å². The molecule has 0 fully saturated rings. The molecule has 0 aromatic carbocycles. The minimum absolute atomic E-state index is 0.117. The lowest BCUT2D eigenvalue weighted by Gasteiger charge is -2.05. The SMILES string of the molecule is O=P(O)(O)c1cnc2c(CCc3nn[nH]n3)cccn12. The Bertz CT molecular complexity index is 778. The van der Waals surface area contributed by atoms with E-state index in [1.807, 2.05) is 6.07 Å². The van der Waals surface area contributed by atoms with Gasteiger partial charge in [0.05, 0.1) is 6.20 Å². The van der Waals surface area contributed by atoms with Gasteiger partial charge in [0.2, 0.25) is 0 Å². The van der Waals surface area contributed by atoms with Crippen LogP contribution in [-0.4, -0.2) is 39.8 Å². The van der Waals surface area contributed by atoms with Gasteiger partial charge < -0.3 is 9.79 Å². The van der Waals surface area contributed by atoms with Crippen LogP contribution in [0.15, 0.2) is 24.5 Å². The second-order valence-electron chi connectivity index (χ2n) is 4.22. The number of nitrogens with one attached hydrogen (secondary N) is 1. The van der Waals surface area contributed by atoms with Crippen LogP contribution in [0.25, 0.3) is 5.65 Å². The van der Waals surface area contributed by atoms with Crippen molar-refractivity contribution in [1.29, 1.82) is 0 Å². The molecule has 104 valence electrons. The Morgan fingerprint density at radius 2 is 2.20 bits per heavy atom. The first kappa shape index (κ1) is 12.9. The number of imidazole rings is 1. The van der Waals surface area contributed by atoms with E-state index in [0.717, 1.165) is 5.56 Å². The topological polar surface area (TPSA) is 129 Å². The van der Waals surface area contributed by atoms with Crippen LogP contribution >= 0.6 is 7.60 Å². The van der Waals surface area contributed by atoms with Crippen molar-refractivity contribution in [2.24, 2.45) is 0 Å². The monoisotopic (exact) mass is 294 g/mol. The molecule has 3 rings (SSSR count). The number of aryl methyl sites for hydroxylation is 2. The molecule has 0 atom stereocenters. The van der Waals surface area contributed by atoms with Gasteiger partial charge in [0, 0.05) is 12.6 Å². The normalized spacial score (nSPS) is 12.1. The molecule has 20 heavy (non-hydrogen) atoms. The molecular weight excluding hydrogens is 283 g/mol. The van der Waals surface area contributed by atoms with E-state index in [2.05, 4.69) is 25.6 Å².